The molecule has 1 unspecified atom stereocenters. The molecule has 0 fully saturated rings. The van der Waals surface area contributed by atoms with Gasteiger partial charge in [0.2, 0.25) is 0 Å². The number of hydrogen-bond acceptors (Lipinski definition) is 8. The SMILES string of the molecule is Nc1ccc(N(c2cc3cccc(OS(=O)(=O)c4cccc(C(F)(F)F)c4)c3oc2=O)S(=O)[O-])cc1. The lowest BCUT2D eigenvalue weighted by Crippen LogP contribution is -2.25. The van der Waals surface area contributed by atoms with E-state index < -0.39 is 55.1 Å². The summed E-state index contributed by atoms with van der Waals surface area (Å²) in [6, 6.07) is 13.5. The smallest absolute Gasteiger partial charge is 0.416 e. The van der Waals surface area contributed by atoms with Gasteiger partial charge in [-0.05, 0) is 54.6 Å². The number of rotatable bonds is 6. The first-order valence-electron chi connectivity index (χ1n) is 9.80. The molecule has 0 saturated carbocycles. The number of anilines is 3. The van der Waals surface area contributed by atoms with Crippen LogP contribution in [0.4, 0.5) is 30.2 Å². The number of nitrogens with two attached hydrogens (primary N) is 1. The molecule has 0 aliphatic carbocycles. The summed E-state index contributed by atoms with van der Waals surface area (Å²) in [6.45, 7) is 0. The van der Waals surface area contributed by atoms with Crippen LogP contribution in [0.3, 0.4) is 0 Å². The molecule has 0 aliphatic heterocycles. The molecule has 0 spiro atoms. The van der Waals surface area contributed by atoms with E-state index in [0.717, 1.165) is 24.3 Å². The van der Waals surface area contributed by atoms with Gasteiger partial charge < -0.3 is 18.9 Å². The second-order valence-electron chi connectivity index (χ2n) is 7.26. The minimum atomic E-state index is -4.79. The van der Waals surface area contributed by atoms with E-state index in [2.05, 4.69) is 0 Å². The maximum absolute atomic E-state index is 13.0. The van der Waals surface area contributed by atoms with E-state index in [0.29, 0.717) is 22.1 Å². The van der Waals surface area contributed by atoms with Crippen molar-refractivity contribution in [2.45, 2.75) is 11.1 Å². The predicted molar refractivity (Wildman–Crippen MR) is 124 cm³/mol. The van der Waals surface area contributed by atoms with Crippen LogP contribution in [-0.4, -0.2) is 17.2 Å². The van der Waals surface area contributed by atoms with Gasteiger partial charge in [0.15, 0.2) is 11.3 Å². The highest BCUT2D eigenvalue weighted by Crippen LogP contribution is 2.34. The molecule has 14 heteroatoms. The molecule has 9 nitrogen and oxygen atoms in total. The van der Waals surface area contributed by atoms with Crippen molar-refractivity contribution in [2.75, 3.05) is 10.0 Å². The summed E-state index contributed by atoms with van der Waals surface area (Å²) in [5.41, 5.74) is 2.90. The lowest BCUT2D eigenvalue weighted by molar-refractivity contribution is -0.137. The molecule has 0 bridgehead atoms. The number of nitrogens with zero attached hydrogens (tertiary/aromatic N) is 1. The molecular weight excluding hydrogens is 525 g/mol. The molecule has 0 saturated heterocycles. The second-order valence-corrected chi connectivity index (χ2v) is 9.61. The Kier molecular flexibility index (Phi) is 6.51. The predicted octanol–water partition coefficient (Wildman–Crippen LogP) is 4.09. The summed E-state index contributed by atoms with van der Waals surface area (Å²) in [6.07, 6.45) is -4.79. The van der Waals surface area contributed by atoms with Gasteiger partial charge in [0.1, 0.15) is 10.6 Å². The minimum Gasteiger partial charge on any atom is -0.755 e. The zero-order chi connectivity index (χ0) is 26.3. The van der Waals surface area contributed by atoms with E-state index in [9.17, 15) is 35.1 Å². The Labute approximate surface area is 204 Å². The Balaban J connectivity index is 1.78. The van der Waals surface area contributed by atoms with Gasteiger partial charge in [-0.2, -0.15) is 21.6 Å². The Hall–Kier alpha value is -3.88. The number of fused-ring (bicyclic) bond motifs is 1. The van der Waals surface area contributed by atoms with Crippen LogP contribution in [0.1, 0.15) is 5.56 Å². The zero-order valence-electron chi connectivity index (χ0n) is 17.8. The van der Waals surface area contributed by atoms with Crippen LogP contribution in [0.2, 0.25) is 0 Å². The van der Waals surface area contributed by atoms with Gasteiger partial charge in [-0.25, -0.2) is 4.79 Å². The minimum absolute atomic E-state index is 0.0729. The van der Waals surface area contributed by atoms with E-state index in [1.54, 1.807) is 0 Å². The van der Waals surface area contributed by atoms with Crippen molar-refractivity contribution in [3.05, 3.63) is 88.8 Å². The zero-order valence-corrected chi connectivity index (χ0v) is 19.4. The lowest BCUT2D eigenvalue weighted by Gasteiger charge is -2.25. The molecule has 0 amide bonds. The number of hydrogen-bond donors (Lipinski definition) is 1. The lowest BCUT2D eigenvalue weighted by atomic mass is 10.2. The fourth-order valence-corrected chi connectivity index (χ4v) is 4.79. The molecular formula is C22H14F3N2O7S2-. The number of halogens is 3. The Morgan fingerprint density at radius 2 is 1.67 bits per heavy atom. The van der Waals surface area contributed by atoms with Gasteiger partial charge in [0, 0.05) is 11.1 Å². The van der Waals surface area contributed by atoms with Crippen LogP contribution in [0.15, 0.2) is 86.9 Å². The fourth-order valence-electron chi connectivity index (χ4n) is 3.22. The summed E-state index contributed by atoms with van der Waals surface area (Å²) in [5, 5.41) is 0.0761. The average Bonchev–Trinajstić information content (AvgIpc) is 2.80. The third-order valence-corrected chi connectivity index (χ3v) is 6.79. The van der Waals surface area contributed by atoms with Crippen LogP contribution in [0.25, 0.3) is 11.0 Å². The molecule has 2 N–H and O–H groups in total. The molecule has 1 heterocycles. The second kappa shape index (κ2) is 9.29. The maximum Gasteiger partial charge on any atom is 0.416 e. The van der Waals surface area contributed by atoms with Crippen molar-refractivity contribution in [3.63, 3.8) is 0 Å². The highest BCUT2D eigenvalue weighted by Gasteiger charge is 2.32. The normalized spacial score (nSPS) is 12.9. The Bertz CT molecular complexity index is 1640. The number of para-hydroxylation sites is 1. The summed E-state index contributed by atoms with van der Waals surface area (Å²) in [7, 11) is -4.77. The number of nitrogen functional groups attached to an aromatic ring is 1. The van der Waals surface area contributed by atoms with Crippen molar-refractivity contribution in [1.29, 1.82) is 0 Å². The van der Waals surface area contributed by atoms with E-state index in [4.69, 9.17) is 14.3 Å². The van der Waals surface area contributed by atoms with Gasteiger partial charge in [0.05, 0.1) is 22.5 Å². The average molecular weight is 539 g/mol. The van der Waals surface area contributed by atoms with Crippen LogP contribution < -0.4 is 19.8 Å². The van der Waals surface area contributed by atoms with E-state index in [-0.39, 0.29) is 16.7 Å². The van der Waals surface area contributed by atoms with Crippen LogP contribution in [0, 0.1) is 0 Å². The first-order chi connectivity index (χ1) is 16.9. The van der Waals surface area contributed by atoms with E-state index in [1.165, 1.54) is 36.4 Å². The Morgan fingerprint density at radius 3 is 2.31 bits per heavy atom. The van der Waals surface area contributed by atoms with Gasteiger partial charge in [-0.1, -0.05) is 18.2 Å². The molecule has 3 aromatic carbocycles. The highest BCUT2D eigenvalue weighted by atomic mass is 32.2. The summed E-state index contributed by atoms with van der Waals surface area (Å²) < 4.78 is 99.0. The summed E-state index contributed by atoms with van der Waals surface area (Å²) in [5.74, 6) is -0.490. The topological polar surface area (TPSA) is 143 Å². The quantitative estimate of drug-likeness (QED) is 0.167. The Morgan fingerprint density at radius 1 is 1.00 bits per heavy atom. The third kappa shape index (κ3) is 5.05. The summed E-state index contributed by atoms with van der Waals surface area (Å²) >= 11 is -2.96. The van der Waals surface area contributed by atoms with Crippen LogP contribution >= 0.6 is 0 Å². The third-order valence-electron chi connectivity index (χ3n) is 4.85. The monoisotopic (exact) mass is 539 g/mol. The molecule has 0 radical (unpaired) electrons. The highest BCUT2D eigenvalue weighted by molar-refractivity contribution is 7.87. The van der Waals surface area contributed by atoms with Gasteiger partial charge in [0.25, 0.3) is 0 Å². The molecule has 36 heavy (non-hydrogen) atoms. The van der Waals surface area contributed by atoms with Gasteiger partial charge >= 0.3 is 21.9 Å². The van der Waals surface area contributed by atoms with E-state index >= 15 is 0 Å². The van der Waals surface area contributed by atoms with E-state index in [1.807, 2.05) is 0 Å². The molecule has 1 atom stereocenters. The van der Waals surface area contributed by atoms with Gasteiger partial charge in [-0.3, -0.25) is 8.51 Å². The van der Waals surface area contributed by atoms with Crippen molar-refractivity contribution in [3.8, 4) is 5.75 Å². The molecule has 4 aromatic rings. The van der Waals surface area contributed by atoms with Crippen molar-refractivity contribution in [1.82, 2.24) is 0 Å². The molecule has 4 rings (SSSR count). The van der Waals surface area contributed by atoms with Crippen molar-refractivity contribution >= 4 is 49.4 Å². The molecule has 1 aromatic heterocycles. The number of benzene rings is 3. The fraction of sp³-hybridized carbons (Fsp3) is 0.0455. The van der Waals surface area contributed by atoms with Crippen molar-refractivity contribution < 1.29 is 39.0 Å². The van der Waals surface area contributed by atoms with Crippen LogP contribution in [-0.2, 0) is 27.6 Å². The summed E-state index contributed by atoms with van der Waals surface area (Å²) in [4.78, 5) is 12.0. The molecule has 188 valence electrons. The maximum atomic E-state index is 13.0. The largest absolute Gasteiger partial charge is 0.755 e. The van der Waals surface area contributed by atoms with Gasteiger partial charge in [-0.15, -0.1) is 0 Å². The standard InChI is InChI=1S/C22H15F3N2O7S2/c23-22(24,25)14-4-2-5-17(12-14)36(31,32)34-19-6-1-3-13-11-18(21(28)33-20(13)19)27(35(29)30)16-9-7-15(26)8-10-16/h1-12H,26H2,(H,29,30)/p-1. The number of alkyl halides is 3. The first-order valence-corrected chi connectivity index (χ1v) is 12.2. The van der Waals surface area contributed by atoms with Crippen LogP contribution in [0.5, 0.6) is 5.75 Å². The van der Waals surface area contributed by atoms with Crippen molar-refractivity contribution in [2.24, 2.45) is 0 Å². The molecule has 0 aliphatic rings. The first kappa shape index (κ1) is 25.2.